The molecule has 2 atom stereocenters. The number of fused-ring (bicyclic) bond motifs is 2. The van der Waals surface area contributed by atoms with Crippen molar-refractivity contribution in [3.05, 3.63) is 42.4 Å². The number of likely N-dealkylation sites (N-methyl/N-ethyl adjacent to an activating group) is 1. The van der Waals surface area contributed by atoms with Crippen LogP contribution in [0.15, 0.2) is 36.8 Å². The summed E-state index contributed by atoms with van der Waals surface area (Å²) < 4.78 is 8.84. The van der Waals surface area contributed by atoms with Crippen LogP contribution in [0.1, 0.15) is 23.2 Å². The second-order valence-corrected chi connectivity index (χ2v) is 8.84. The number of anilines is 1. The number of carbonyl (C=O) groups is 2. The largest absolute Gasteiger partial charge is 0.379 e. The molecule has 0 bridgehead atoms. The maximum Gasteiger partial charge on any atom is 0.257 e. The van der Waals surface area contributed by atoms with Crippen molar-refractivity contribution in [2.45, 2.75) is 31.5 Å². The molecule has 1 saturated carbocycles. The average Bonchev–Trinajstić information content (AvgIpc) is 3.43. The van der Waals surface area contributed by atoms with E-state index >= 15 is 0 Å². The number of aromatic nitrogens is 5. The summed E-state index contributed by atoms with van der Waals surface area (Å²) in [7, 11) is 6.89. The van der Waals surface area contributed by atoms with Gasteiger partial charge in [0.1, 0.15) is 23.6 Å². The molecule has 182 valence electrons. The van der Waals surface area contributed by atoms with Gasteiger partial charge in [0, 0.05) is 57.7 Å². The average molecular weight is 477 g/mol. The lowest BCUT2D eigenvalue weighted by atomic mass is 9.89. The first kappa shape index (κ1) is 22.8. The van der Waals surface area contributed by atoms with E-state index in [4.69, 9.17) is 9.72 Å². The highest BCUT2D eigenvalue weighted by Crippen LogP contribution is 2.31. The lowest BCUT2D eigenvalue weighted by molar-refractivity contribution is -0.129. The minimum absolute atomic E-state index is 0.0207. The zero-order valence-corrected chi connectivity index (χ0v) is 20.1. The molecule has 2 amide bonds. The number of nitrogens with zero attached hydrogens (tertiary/aromatic N) is 6. The van der Waals surface area contributed by atoms with Crippen molar-refractivity contribution in [3.63, 3.8) is 0 Å². The summed E-state index contributed by atoms with van der Waals surface area (Å²) in [6.07, 6.45) is 6.94. The first-order valence-electron chi connectivity index (χ1n) is 11.5. The van der Waals surface area contributed by atoms with Gasteiger partial charge in [-0.05, 0) is 25.0 Å². The van der Waals surface area contributed by atoms with E-state index in [2.05, 4.69) is 20.7 Å². The van der Waals surface area contributed by atoms with Crippen LogP contribution in [0.5, 0.6) is 0 Å². The van der Waals surface area contributed by atoms with Crippen molar-refractivity contribution in [2.75, 3.05) is 33.6 Å². The summed E-state index contributed by atoms with van der Waals surface area (Å²) in [5.41, 5.74) is 2.96. The Morgan fingerprint density at radius 3 is 2.77 bits per heavy atom. The van der Waals surface area contributed by atoms with Gasteiger partial charge in [-0.15, -0.1) is 0 Å². The number of methoxy groups -OCH3 is 1. The number of ether oxygens (including phenoxy) is 1. The molecule has 1 unspecified atom stereocenters. The molecule has 4 aromatic rings. The second kappa shape index (κ2) is 8.99. The summed E-state index contributed by atoms with van der Waals surface area (Å²) in [5.74, 6) is 0.397. The monoisotopic (exact) mass is 476 g/mol. The normalized spacial score (nSPS) is 17.4. The highest BCUT2D eigenvalue weighted by Gasteiger charge is 2.33. The molecule has 0 aromatic carbocycles. The molecule has 35 heavy (non-hydrogen) atoms. The van der Waals surface area contributed by atoms with Crippen LogP contribution < -0.4 is 10.6 Å². The van der Waals surface area contributed by atoms with Crippen LogP contribution in [0.4, 0.5) is 5.82 Å². The highest BCUT2D eigenvalue weighted by molar-refractivity contribution is 6.01. The molecule has 0 radical (unpaired) electrons. The Morgan fingerprint density at radius 1 is 1.26 bits per heavy atom. The van der Waals surface area contributed by atoms with E-state index in [0.29, 0.717) is 28.4 Å². The number of rotatable bonds is 7. The molecule has 4 heterocycles. The van der Waals surface area contributed by atoms with E-state index in [1.165, 1.54) is 6.20 Å². The van der Waals surface area contributed by atoms with Gasteiger partial charge in [0.2, 0.25) is 5.91 Å². The first-order chi connectivity index (χ1) is 16.9. The predicted molar refractivity (Wildman–Crippen MR) is 131 cm³/mol. The van der Waals surface area contributed by atoms with Gasteiger partial charge in [-0.25, -0.2) is 9.97 Å². The van der Waals surface area contributed by atoms with E-state index < -0.39 is 0 Å². The number of pyridine rings is 1. The van der Waals surface area contributed by atoms with E-state index in [-0.39, 0.29) is 30.5 Å². The fraction of sp³-hybridized carbons (Fsp3) is 0.375. The van der Waals surface area contributed by atoms with Crippen LogP contribution in [0.25, 0.3) is 27.9 Å². The van der Waals surface area contributed by atoms with E-state index in [9.17, 15) is 9.59 Å². The molecule has 1 aliphatic carbocycles. The van der Waals surface area contributed by atoms with Gasteiger partial charge < -0.3 is 24.8 Å². The zero-order chi connectivity index (χ0) is 24.7. The van der Waals surface area contributed by atoms with Gasteiger partial charge in [0.05, 0.1) is 24.0 Å². The minimum atomic E-state index is -0.237. The molecule has 0 spiro atoms. The van der Waals surface area contributed by atoms with Gasteiger partial charge in [0.15, 0.2) is 5.65 Å². The number of hydrogen-bond acceptors (Lipinski definition) is 7. The molecule has 2 N–H and O–H groups in total. The Balaban J connectivity index is 1.59. The molecular weight excluding hydrogens is 448 g/mol. The number of hydrogen-bond donors (Lipinski definition) is 2. The summed E-state index contributed by atoms with van der Waals surface area (Å²) in [4.78, 5) is 36.4. The van der Waals surface area contributed by atoms with Crippen molar-refractivity contribution in [1.82, 2.24) is 34.4 Å². The molecule has 1 aliphatic rings. The van der Waals surface area contributed by atoms with Crippen molar-refractivity contribution in [3.8, 4) is 11.3 Å². The summed E-state index contributed by atoms with van der Waals surface area (Å²) in [6.45, 7) is 0.157. The molecule has 11 heteroatoms. The molecule has 4 aromatic heterocycles. The van der Waals surface area contributed by atoms with Gasteiger partial charge in [-0.2, -0.15) is 9.61 Å². The first-order valence-corrected chi connectivity index (χ1v) is 11.5. The van der Waals surface area contributed by atoms with Gasteiger partial charge in [-0.3, -0.25) is 9.59 Å². The van der Waals surface area contributed by atoms with Crippen molar-refractivity contribution in [1.29, 1.82) is 0 Å². The summed E-state index contributed by atoms with van der Waals surface area (Å²) >= 11 is 0. The van der Waals surface area contributed by atoms with Crippen molar-refractivity contribution >= 4 is 34.3 Å². The predicted octanol–water partition coefficient (Wildman–Crippen LogP) is 1.78. The molecular formula is C24H28N8O3. The highest BCUT2D eigenvalue weighted by atomic mass is 16.5. The number of amides is 2. The van der Waals surface area contributed by atoms with Crippen LogP contribution in [-0.2, 0) is 16.1 Å². The topological polar surface area (TPSA) is 119 Å². The maximum absolute atomic E-state index is 13.1. The molecule has 0 saturated heterocycles. The molecule has 1 fully saturated rings. The van der Waals surface area contributed by atoms with Gasteiger partial charge in [-0.1, -0.05) is 0 Å². The fourth-order valence-electron chi connectivity index (χ4n) is 4.34. The zero-order valence-electron chi connectivity index (χ0n) is 20.1. The third-order valence-electron chi connectivity index (χ3n) is 6.52. The lowest BCUT2D eigenvalue weighted by Gasteiger charge is -2.35. The van der Waals surface area contributed by atoms with E-state index in [1.54, 1.807) is 43.9 Å². The van der Waals surface area contributed by atoms with Gasteiger partial charge >= 0.3 is 0 Å². The van der Waals surface area contributed by atoms with Crippen LogP contribution >= 0.6 is 0 Å². The van der Waals surface area contributed by atoms with Gasteiger partial charge in [0.25, 0.3) is 5.91 Å². The minimum Gasteiger partial charge on any atom is -0.379 e. The molecule has 0 aliphatic heterocycles. The van der Waals surface area contributed by atoms with Crippen molar-refractivity contribution in [2.24, 2.45) is 0 Å². The lowest BCUT2D eigenvalue weighted by Crippen LogP contribution is -2.51. The Labute approximate surface area is 202 Å². The van der Waals surface area contributed by atoms with Crippen LogP contribution in [0, 0.1) is 0 Å². The van der Waals surface area contributed by atoms with E-state index in [1.807, 2.05) is 29.0 Å². The quantitative estimate of drug-likeness (QED) is 0.417. The summed E-state index contributed by atoms with van der Waals surface area (Å²) in [6, 6.07) is 5.65. The van der Waals surface area contributed by atoms with Crippen LogP contribution in [-0.4, -0.2) is 81.3 Å². The molecule has 5 rings (SSSR count). The molecule has 11 nitrogen and oxygen atoms in total. The third kappa shape index (κ3) is 3.97. The van der Waals surface area contributed by atoms with Crippen molar-refractivity contribution < 1.29 is 14.3 Å². The smallest absolute Gasteiger partial charge is 0.257 e. The SMILES string of the molecule is CNc1cc(-c2cn(CC(=O)N(C)C)c3ncccc23)nc2c(C(=O)NC3CC[C@@H]3OC)cnn12. The maximum atomic E-state index is 13.1. The standard InChI is InChI=1S/C24H28N8O3/c1-25-20-10-18(16-12-31(13-21(33)30(2)3)22-14(16)6-5-9-26-22)28-23-15(11-27-32(20)23)24(34)29-17-7-8-19(17)35-4/h5-6,9-12,17,19,25H,7-8,13H2,1-4H3,(H,29,34)/t17?,19-/m0/s1. The number of nitrogens with one attached hydrogen (secondary N) is 2. The summed E-state index contributed by atoms with van der Waals surface area (Å²) in [5, 5.41) is 11.4. The Bertz CT molecular complexity index is 1420. The Hall–Kier alpha value is -3.99. The van der Waals surface area contributed by atoms with E-state index in [0.717, 1.165) is 23.8 Å². The van der Waals surface area contributed by atoms with Crippen LogP contribution in [0.2, 0.25) is 0 Å². The Morgan fingerprint density at radius 2 is 2.09 bits per heavy atom. The van der Waals surface area contributed by atoms with Crippen LogP contribution in [0.3, 0.4) is 0 Å². The number of carbonyl (C=O) groups excluding carboxylic acids is 2. The fourth-order valence-corrected chi connectivity index (χ4v) is 4.34. The second-order valence-electron chi connectivity index (χ2n) is 8.84. The Kier molecular flexibility index (Phi) is 5.85. The third-order valence-corrected chi connectivity index (χ3v) is 6.52.